The second kappa shape index (κ2) is 8.71. The summed E-state index contributed by atoms with van der Waals surface area (Å²) >= 11 is 0. The van der Waals surface area contributed by atoms with Crippen molar-refractivity contribution in [3.63, 3.8) is 0 Å². The number of rotatable bonds is 5. The highest BCUT2D eigenvalue weighted by Gasteiger charge is 2.17. The number of benzene rings is 2. The second-order valence-corrected chi connectivity index (χ2v) is 7.30. The summed E-state index contributed by atoms with van der Waals surface area (Å²) in [5, 5.41) is 0. The van der Waals surface area contributed by atoms with Crippen LogP contribution in [0.5, 0.6) is 0 Å². The zero-order chi connectivity index (χ0) is 21.8. The molecule has 4 rings (SSSR count). The Labute approximate surface area is 180 Å². The molecule has 0 spiro atoms. The molecule has 0 aliphatic rings. The summed E-state index contributed by atoms with van der Waals surface area (Å²) in [5.41, 5.74) is 9.76. The molecule has 2 aromatic carbocycles. The average molecular weight is 413 g/mol. The molecule has 0 fully saturated rings. The fourth-order valence-electron chi connectivity index (χ4n) is 3.57. The van der Waals surface area contributed by atoms with E-state index < -0.39 is 0 Å². The van der Waals surface area contributed by atoms with Crippen LogP contribution in [0.25, 0.3) is 5.69 Å². The molecule has 0 saturated heterocycles. The zero-order valence-electron chi connectivity index (χ0n) is 17.4. The summed E-state index contributed by atoms with van der Waals surface area (Å²) in [7, 11) is 0. The van der Waals surface area contributed by atoms with Crippen LogP contribution in [-0.2, 0) is 6.54 Å². The molecule has 0 aliphatic carbocycles. The molecule has 0 saturated carbocycles. The van der Waals surface area contributed by atoms with Crippen molar-refractivity contribution in [3.8, 4) is 5.69 Å². The quantitative estimate of drug-likeness (QED) is 0.492. The third kappa shape index (κ3) is 4.40. The van der Waals surface area contributed by atoms with Gasteiger partial charge >= 0.3 is 0 Å². The lowest BCUT2D eigenvalue weighted by Crippen LogP contribution is -2.41. The van der Waals surface area contributed by atoms with Crippen LogP contribution >= 0.6 is 0 Å². The van der Waals surface area contributed by atoms with Gasteiger partial charge in [-0.25, -0.2) is 4.98 Å². The number of carbonyl (C=O) groups is 2. The minimum atomic E-state index is -0.376. The first kappa shape index (κ1) is 20.2. The van der Waals surface area contributed by atoms with Gasteiger partial charge in [0, 0.05) is 41.6 Å². The van der Waals surface area contributed by atoms with E-state index in [-0.39, 0.29) is 11.8 Å². The van der Waals surface area contributed by atoms with Crippen LogP contribution in [0.3, 0.4) is 0 Å². The Hall–Kier alpha value is -4.13. The minimum Gasteiger partial charge on any atom is -0.333 e. The minimum absolute atomic E-state index is 0.361. The van der Waals surface area contributed by atoms with Crippen LogP contribution in [0.1, 0.15) is 37.7 Å². The Morgan fingerprint density at radius 2 is 1.65 bits per heavy atom. The number of nitrogens with zero attached hydrogens (tertiary/aromatic N) is 3. The highest BCUT2D eigenvalue weighted by Crippen LogP contribution is 2.20. The number of carbonyl (C=O) groups excluding carboxylic acids is 2. The van der Waals surface area contributed by atoms with E-state index in [0.29, 0.717) is 17.7 Å². The summed E-state index contributed by atoms with van der Waals surface area (Å²) in [6.07, 6.45) is 5.34. The number of hydrazine groups is 1. The van der Waals surface area contributed by atoms with E-state index >= 15 is 0 Å². The summed E-state index contributed by atoms with van der Waals surface area (Å²) in [6, 6.07) is 18.9. The highest BCUT2D eigenvalue weighted by atomic mass is 16.2. The van der Waals surface area contributed by atoms with Crippen molar-refractivity contribution in [2.24, 2.45) is 0 Å². The van der Waals surface area contributed by atoms with Gasteiger partial charge in [-0.3, -0.25) is 20.4 Å². The number of amides is 2. The molecule has 2 heterocycles. The van der Waals surface area contributed by atoms with Crippen LogP contribution in [0.4, 0.5) is 0 Å². The van der Waals surface area contributed by atoms with Crippen molar-refractivity contribution in [3.05, 3.63) is 107 Å². The molecule has 31 heavy (non-hydrogen) atoms. The predicted octanol–water partition coefficient (Wildman–Crippen LogP) is 3.41. The van der Waals surface area contributed by atoms with Crippen molar-refractivity contribution in [1.29, 1.82) is 0 Å². The van der Waals surface area contributed by atoms with Gasteiger partial charge in [-0.15, -0.1) is 0 Å². The normalized spacial score (nSPS) is 10.6. The number of imidazole rings is 1. The molecule has 2 aromatic heterocycles. The number of aryl methyl sites for hydroxylation is 1. The topological polar surface area (TPSA) is 81.0 Å². The first-order valence-electron chi connectivity index (χ1n) is 9.92. The number of nitrogens with one attached hydrogen (secondary N) is 2. The largest absolute Gasteiger partial charge is 0.333 e. The highest BCUT2D eigenvalue weighted by molar-refractivity contribution is 5.99. The van der Waals surface area contributed by atoms with Crippen molar-refractivity contribution in [2.45, 2.75) is 20.4 Å². The lowest BCUT2D eigenvalue weighted by molar-refractivity contribution is 0.0846. The van der Waals surface area contributed by atoms with E-state index in [4.69, 9.17) is 0 Å². The van der Waals surface area contributed by atoms with Gasteiger partial charge in [-0.1, -0.05) is 30.3 Å². The fourth-order valence-corrected chi connectivity index (χ4v) is 3.57. The SMILES string of the molecule is Cc1cc(C(=O)NNC(=O)c2ccc(Cn3ccnc3)cc2)c(C)n1-c1ccccc1. The van der Waals surface area contributed by atoms with Crippen LogP contribution in [0.2, 0.25) is 0 Å². The average Bonchev–Trinajstić information content (AvgIpc) is 3.40. The zero-order valence-corrected chi connectivity index (χ0v) is 17.4. The Kier molecular flexibility index (Phi) is 5.66. The molecule has 7 nitrogen and oxygen atoms in total. The van der Waals surface area contributed by atoms with Crippen molar-refractivity contribution in [1.82, 2.24) is 25.0 Å². The van der Waals surface area contributed by atoms with Gasteiger partial charge in [-0.05, 0) is 49.7 Å². The standard InChI is InChI=1S/C24H23N5O2/c1-17-14-22(18(2)29(17)21-6-4-3-5-7-21)24(31)27-26-23(30)20-10-8-19(9-11-20)15-28-13-12-25-16-28/h3-14,16H,15H2,1-2H3,(H,26,30)(H,27,31). The maximum absolute atomic E-state index is 12.7. The predicted molar refractivity (Wildman–Crippen MR) is 118 cm³/mol. The molecular weight excluding hydrogens is 390 g/mol. The maximum atomic E-state index is 12.7. The Bertz CT molecular complexity index is 1190. The van der Waals surface area contributed by atoms with Crippen molar-refractivity contribution >= 4 is 11.8 Å². The second-order valence-electron chi connectivity index (χ2n) is 7.30. The van der Waals surface area contributed by atoms with Crippen LogP contribution < -0.4 is 10.9 Å². The van der Waals surface area contributed by atoms with Crippen molar-refractivity contribution in [2.75, 3.05) is 0 Å². The van der Waals surface area contributed by atoms with Gasteiger partial charge in [0.15, 0.2) is 0 Å². The Morgan fingerprint density at radius 1 is 0.935 bits per heavy atom. The van der Waals surface area contributed by atoms with E-state index in [2.05, 4.69) is 15.8 Å². The lowest BCUT2D eigenvalue weighted by atomic mass is 10.1. The van der Waals surface area contributed by atoms with E-state index in [1.54, 1.807) is 24.7 Å². The smallest absolute Gasteiger partial charge is 0.271 e. The lowest BCUT2D eigenvalue weighted by Gasteiger charge is -2.10. The van der Waals surface area contributed by atoms with Crippen LogP contribution in [0, 0.1) is 13.8 Å². The fraction of sp³-hybridized carbons (Fsp3) is 0.125. The molecule has 0 radical (unpaired) electrons. The maximum Gasteiger partial charge on any atom is 0.271 e. The van der Waals surface area contributed by atoms with E-state index in [1.807, 2.05) is 77.7 Å². The van der Waals surface area contributed by atoms with Gasteiger partial charge in [0.25, 0.3) is 11.8 Å². The molecule has 2 amide bonds. The third-order valence-electron chi connectivity index (χ3n) is 5.12. The number of para-hydroxylation sites is 1. The summed E-state index contributed by atoms with van der Waals surface area (Å²) < 4.78 is 3.96. The number of hydrogen-bond acceptors (Lipinski definition) is 3. The van der Waals surface area contributed by atoms with Gasteiger partial charge in [0.1, 0.15) is 0 Å². The van der Waals surface area contributed by atoms with Crippen molar-refractivity contribution < 1.29 is 9.59 Å². The van der Waals surface area contributed by atoms with E-state index in [9.17, 15) is 9.59 Å². The van der Waals surface area contributed by atoms with Crippen LogP contribution in [0.15, 0.2) is 79.4 Å². The van der Waals surface area contributed by atoms with Crippen LogP contribution in [-0.4, -0.2) is 25.9 Å². The number of hydrogen-bond donors (Lipinski definition) is 2. The van der Waals surface area contributed by atoms with Gasteiger partial charge in [0.05, 0.1) is 11.9 Å². The Balaban J connectivity index is 1.40. The van der Waals surface area contributed by atoms with Gasteiger partial charge in [-0.2, -0.15) is 0 Å². The summed E-state index contributed by atoms with van der Waals surface area (Å²) in [4.78, 5) is 29.1. The molecule has 0 bridgehead atoms. The molecular formula is C24H23N5O2. The molecule has 0 atom stereocenters. The van der Waals surface area contributed by atoms with Gasteiger partial charge < -0.3 is 9.13 Å². The Morgan fingerprint density at radius 3 is 2.32 bits per heavy atom. The molecule has 2 N–H and O–H groups in total. The first-order valence-corrected chi connectivity index (χ1v) is 9.92. The molecule has 4 aromatic rings. The van der Waals surface area contributed by atoms with E-state index in [1.165, 1.54) is 0 Å². The summed E-state index contributed by atoms with van der Waals surface area (Å²) in [6.45, 7) is 4.51. The molecule has 156 valence electrons. The molecule has 0 aliphatic heterocycles. The first-order chi connectivity index (χ1) is 15.0. The third-order valence-corrected chi connectivity index (χ3v) is 5.12. The summed E-state index contributed by atoms with van der Waals surface area (Å²) in [5.74, 6) is -0.736. The molecule has 7 heteroatoms. The van der Waals surface area contributed by atoms with Gasteiger partial charge in [0.2, 0.25) is 0 Å². The number of aromatic nitrogens is 3. The molecule has 0 unspecified atom stereocenters. The monoisotopic (exact) mass is 413 g/mol. The van der Waals surface area contributed by atoms with E-state index in [0.717, 1.165) is 22.6 Å².